The molecule has 0 radical (unpaired) electrons. The molecule has 0 spiro atoms. The highest BCUT2D eigenvalue weighted by atomic mass is 14.7. The topological polar surface area (TPSA) is 38.7 Å². The molecule has 0 atom stereocenters. The van der Waals surface area contributed by atoms with Gasteiger partial charge in [0.2, 0.25) is 0 Å². The molecular weight excluding hydrogens is 655 g/mol. The van der Waals surface area contributed by atoms with Gasteiger partial charge in [0.25, 0.3) is 0 Å². The van der Waals surface area contributed by atoms with Crippen LogP contribution >= 0.6 is 0 Å². The van der Waals surface area contributed by atoms with Crippen molar-refractivity contribution in [1.29, 1.82) is 0 Å². The molecule has 0 aliphatic heterocycles. The molecule has 0 unspecified atom stereocenters. The molecule has 3 heterocycles. The van der Waals surface area contributed by atoms with E-state index in [0.29, 0.717) is 0 Å². The summed E-state index contributed by atoms with van der Waals surface area (Å²) in [5.74, 6) is 0. The van der Waals surface area contributed by atoms with Gasteiger partial charge in [-0.3, -0.25) is 4.98 Å². The summed E-state index contributed by atoms with van der Waals surface area (Å²) in [6.45, 7) is 0. The van der Waals surface area contributed by atoms with Gasteiger partial charge in [0.05, 0.1) is 28.1 Å². The van der Waals surface area contributed by atoms with Crippen molar-refractivity contribution in [2.75, 3.05) is 0 Å². The van der Waals surface area contributed by atoms with E-state index in [0.717, 1.165) is 88.6 Å². The molecule has 0 amide bonds. The summed E-state index contributed by atoms with van der Waals surface area (Å²) in [4.78, 5) is 15.0. The first kappa shape index (κ1) is 31.5. The third-order valence-electron chi connectivity index (χ3n) is 10.3. The minimum absolute atomic E-state index is 0.943. The summed E-state index contributed by atoms with van der Waals surface area (Å²) in [7, 11) is 0. The molecule has 3 aromatic heterocycles. The molecule has 3 nitrogen and oxygen atoms in total. The van der Waals surface area contributed by atoms with Crippen molar-refractivity contribution < 1.29 is 0 Å². The van der Waals surface area contributed by atoms with Gasteiger partial charge in [-0.05, 0) is 81.2 Å². The van der Waals surface area contributed by atoms with Crippen LogP contribution in [0.4, 0.5) is 0 Å². The minimum atomic E-state index is 0.943. The summed E-state index contributed by atoms with van der Waals surface area (Å²) >= 11 is 0. The predicted molar refractivity (Wildman–Crippen MR) is 225 cm³/mol. The van der Waals surface area contributed by atoms with Crippen molar-refractivity contribution in [1.82, 2.24) is 15.0 Å². The average molecular weight is 688 g/mol. The van der Waals surface area contributed by atoms with Crippen molar-refractivity contribution in [3.8, 4) is 67.2 Å². The number of pyridine rings is 3. The smallest absolute Gasteiger partial charge is 0.0794 e. The molecule has 3 heteroatoms. The van der Waals surface area contributed by atoms with Gasteiger partial charge < -0.3 is 0 Å². The van der Waals surface area contributed by atoms with Crippen LogP contribution < -0.4 is 0 Å². The van der Waals surface area contributed by atoms with E-state index >= 15 is 0 Å². The first-order valence-electron chi connectivity index (χ1n) is 18.3. The average Bonchev–Trinajstić information content (AvgIpc) is 3.26. The van der Waals surface area contributed by atoms with Crippen LogP contribution in [-0.4, -0.2) is 15.0 Å². The SMILES string of the molecule is c1ccc(-c2cc(-c3ccc(-c4ccc5ccccc5n4)cc3)c3ccc4c(-c5ccc(-c6ccccn6)cc5)cc(-c5ccccc5)nc4c3c2)cc1. The summed E-state index contributed by atoms with van der Waals surface area (Å²) in [5.41, 5.74) is 15.0. The van der Waals surface area contributed by atoms with Crippen molar-refractivity contribution >= 4 is 32.6 Å². The van der Waals surface area contributed by atoms with Crippen LogP contribution in [0.25, 0.3) is 99.7 Å². The zero-order valence-electron chi connectivity index (χ0n) is 29.4. The van der Waals surface area contributed by atoms with Crippen molar-refractivity contribution in [2.24, 2.45) is 0 Å². The highest BCUT2D eigenvalue weighted by molar-refractivity contribution is 6.15. The maximum atomic E-state index is 5.45. The Labute approximate surface area is 313 Å². The monoisotopic (exact) mass is 687 g/mol. The zero-order chi connectivity index (χ0) is 35.8. The number of hydrogen-bond donors (Lipinski definition) is 0. The van der Waals surface area contributed by atoms with Gasteiger partial charge in [0.15, 0.2) is 0 Å². The molecule has 10 rings (SSSR count). The fraction of sp³-hybridized carbons (Fsp3) is 0. The first-order valence-corrected chi connectivity index (χ1v) is 18.3. The highest BCUT2D eigenvalue weighted by Crippen LogP contribution is 2.41. The standard InChI is InChI=1S/C51H33N3/c1-3-11-34(12-4-1)41-31-44(35-20-24-40(25-21-35)49-29-26-38-15-7-8-17-48(38)53-49)42-27-28-43-45(36-18-22-39(23-19-36)47-16-9-10-30-52-47)33-50(37-13-5-2-6-14-37)54-51(43)46(42)32-41/h1-33H. The maximum Gasteiger partial charge on any atom is 0.0794 e. The highest BCUT2D eigenvalue weighted by Gasteiger charge is 2.17. The van der Waals surface area contributed by atoms with Crippen LogP contribution in [0.2, 0.25) is 0 Å². The lowest BCUT2D eigenvalue weighted by molar-refractivity contribution is 1.33. The Kier molecular flexibility index (Phi) is 7.81. The van der Waals surface area contributed by atoms with Crippen LogP contribution in [0, 0.1) is 0 Å². The van der Waals surface area contributed by atoms with Crippen LogP contribution in [0.3, 0.4) is 0 Å². The quantitative estimate of drug-likeness (QED) is 0.163. The van der Waals surface area contributed by atoms with Crippen LogP contribution in [0.1, 0.15) is 0 Å². The van der Waals surface area contributed by atoms with Crippen molar-refractivity contribution in [3.63, 3.8) is 0 Å². The number of fused-ring (bicyclic) bond motifs is 4. The Morgan fingerprint density at radius 3 is 1.61 bits per heavy atom. The van der Waals surface area contributed by atoms with Gasteiger partial charge in [-0.1, -0.05) is 152 Å². The molecule has 0 fully saturated rings. The molecule has 252 valence electrons. The molecule has 0 saturated carbocycles. The lowest BCUT2D eigenvalue weighted by Gasteiger charge is -2.16. The normalized spacial score (nSPS) is 11.3. The molecule has 7 aromatic carbocycles. The van der Waals surface area contributed by atoms with E-state index in [-0.39, 0.29) is 0 Å². The summed E-state index contributed by atoms with van der Waals surface area (Å²) in [5, 5.41) is 4.53. The number of hydrogen-bond acceptors (Lipinski definition) is 3. The fourth-order valence-corrected chi connectivity index (χ4v) is 7.56. The maximum absolute atomic E-state index is 5.45. The van der Waals surface area contributed by atoms with Gasteiger partial charge in [0, 0.05) is 39.0 Å². The second-order valence-electron chi connectivity index (χ2n) is 13.6. The molecule has 0 saturated heterocycles. The summed E-state index contributed by atoms with van der Waals surface area (Å²) in [6, 6.07) is 68.6. The molecule has 0 aliphatic rings. The molecule has 54 heavy (non-hydrogen) atoms. The van der Waals surface area contributed by atoms with E-state index < -0.39 is 0 Å². The second kappa shape index (κ2) is 13.4. The van der Waals surface area contributed by atoms with Gasteiger partial charge in [-0.25, -0.2) is 9.97 Å². The van der Waals surface area contributed by atoms with Crippen molar-refractivity contribution in [2.45, 2.75) is 0 Å². The number of nitrogens with zero attached hydrogens (tertiary/aromatic N) is 3. The molecule has 0 aliphatic carbocycles. The third kappa shape index (κ3) is 5.78. The largest absolute Gasteiger partial charge is 0.256 e. The lowest BCUT2D eigenvalue weighted by Crippen LogP contribution is -1.93. The second-order valence-corrected chi connectivity index (χ2v) is 13.6. The number of aromatic nitrogens is 3. The van der Waals surface area contributed by atoms with Gasteiger partial charge in [-0.2, -0.15) is 0 Å². The molecule has 0 N–H and O–H groups in total. The van der Waals surface area contributed by atoms with E-state index in [1.807, 2.05) is 30.5 Å². The van der Waals surface area contributed by atoms with E-state index in [1.54, 1.807) is 0 Å². The van der Waals surface area contributed by atoms with Gasteiger partial charge in [-0.15, -0.1) is 0 Å². The minimum Gasteiger partial charge on any atom is -0.256 e. The number of rotatable bonds is 6. The van der Waals surface area contributed by atoms with E-state index in [1.165, 1.54) is 11.1 Å². The van der Waals surface area contributed by atoms with Crippen LogP contribution in [-0.2, 0) is 0 Å². The van der Waals surface area contributed by atoms with Gasteiger partial charge in [0.1, 0.15) is 0 Å². The Morgan fingerprint density at radius 2 is 0.889 bits per heavy atom. The number of benzene rings is 7. The Morgan fingerprint density at radius 1 is 0.296 bits per heavy atom. The molecule has 0 bridgehead atoms. The van der Waals surface area contributed by atoms with Crippen molar-refractivity contribution in [3.05, 3.63) is 200 Å². The Balaban J connectivity index is 1.18. The molecular formula is C51H33N3. The first-order chi connectivity index (χ1) is 26.7. The number of para-hydroxylation sites is 1. The van der Waals surface area contributed by atoms with Crippen LogP contribution in [0.5, 0.6) is 0 Å². The third-order valence-corrected chi connectivity index (χ3v) is 10.3. The van der Waals surface area contributed by atoms with E-state index in [4.69, 9.17) is 9.97 Å². The summed E-state index contributed by atoms with van der Waals surface area (Å²) in [6.07, 6.45) is 1.84. The Hall–Kier alpha value is -7.23. The van der Waals surface area contributed by atoms with Crippen LogP contribution in [0.15, 0.2) is 200 Å². The fourth-order valence-electron chi connectivity index (χ4n) is 7.56. The van der Waals surface area contributed by atoms with E-state index in [2.05, 4.69) is 175 Å². The predicted octanol–water partition coefficient (Wildman–Crippen LogP) is 13.3. The molecule has 10 aromatic rings. The van der Waals surface area contributed by atoms with Gasteiger partial charge >= 0.3 is 0 Å². The zero-order valence-corrected chi connectivity index (χ0v) is 29.4. The van der Waals surface area contributed by atoms with E-state index in [9.17, 15) is 0 Å². The summed E-state index contributed by atoms with van der Waals surface area (Å²) < 4.78 is 0. The lowest BCUT2D eigenvalue weighted by atomic mass is 9.89. The Bertz CT molecular complexity index is 2940.